The monoisotopic (exact) mass is 475 g/mol. The third-order valence-electron chi connectivity index (χ3n) is 5.86. The quantitative estimate of drug-likeness (QED) is 0.422. The van der Waals surface area contributed by atoms with Gasteiger partial charge in [-0.15, -0.1) is 17.9 Å². The number of aromatic amines is 1. The molecule has 2 amide bonds. The fourth-order valence-electron chi connectivity index (χ4n) is 4.20. The van der Waals surface area contributed by atoms with Crippen LogP contribution in [0.1, 0.15) is 29.1 Å². The Hall–Kier alpha value is -2.17. The number of piperazine rings is 1. The van der Waals surface area contributed by atoms with Crippen LogP contribution in [-0.2, 0) is 28.2 Å². The number of thioether (sulfide) groups is 1. The number of carbonyl (C=O) groups excluding carboxylic acids is 2. The number of rotatable bonds is 9. The number of thiophene rings is 1. The van der Waals surface area contributed by atoms with Crippen LogP contribution < -0.4 is 10.9 Å². The minimum atomic E-state index is -0.0304. The van der Waals surface area contributed by atoms with E-state index in [0.29, 0.717) is 63.0 Å². The number of aryl methyl sites for hydroxylation is 2. The molecule has 2 N–H and O–H groups in total. The second-order valence-corrected chi connectivity index (χ2v) is 10.3. The van der Waals surface area contributed by atoms with Gasteiger partial charge in [0.25, 0.3) is 5.56 Å². The molecular formula is C22H29N5O3S2. The Labute approximate surface area is 195 Å². The van der Waals surface area contributed by atoms with Gasteiger partial charge in [0.2, 0.25) is 11.8 Å². The zero-order chi connectivity index (χ0) is 22.5. The van der Waals surface area contributed by atoms with Crippen molar-refractivity contribution >= 4 is 45.1 Å². The zero-order valence-corrected chi connectivity index (χ0v) is 19.8. The molecule has 0 bridgehead atoms. The normalized spacial score (nSPS) is 16.3. The average molecular weight is 476 g/mol. The first-order valence-corrected chi connectivity index (χ1v) is 13.0. The highest BCUT2D eigenvalue weighted by atomic mass is 32.2. The van der Waals surface area contributed by atoms with Gasteiger partial charge in [0.1, 0.15) is 10.7 Å². The SMILES string of the molecule is C=CCNC(=O)CN1CCN(C(=O)CCSCc2nc3sc4c(c3c(=O)[nH]2)CCC4)CC1. The smallest absolute Gasteiger partial charge is 0.259 e. The molecule has 172 valence electrons. The summed E-state index contributed by atoms with van der Waals surface area (Å²) in [5.41, 5.74) is 1.16. The summed E-state index contributed by atoms with van der Waals surface area (Å²) in [4.78, 5) is 50.5. The molecule has 1 fully saturated rings. The van der Waals surface area contributed by atoms with Gasteiger partial charge in [-0.25, -0.2) is 4.98 Å². The van der Waals surface area contributed by atoms with Crippen LogP contribution in [0, 0.1) is 0 Å². The number of carbonyl (C=O) groups is 2. The first-order chi connectivity index (χ1) is 15.5. The molecule has 0 saturated carbocycles. The molecule has 0 unspecified atom stereocenters. The molecule has 1 saturated heterocycles. The molecule has 4 rings (SSSR count). The average Bonchev–Trinajstić information content (AvgIpc) is 3.36. The first kappa shape index (κ1) is 23.0. The lowest BCUT2D eigenvalue weighted by Gasteiger charge is -2.34. The summed E-state index contributed by atoms with van der Waals surface area (Å²) in [6, 6.07) is 0. The van der Waals surface area contributed by atoms with Gasteiger partial charge < -0.3 is 15.2 Å². The molecule has 0 spiro atoms. The van der Waals surface area contributed by atoms with Gasteiger partial charge in [-0.1, -0.05) is 6.08 Å². The van der Waals surface area contributed by atoms with Crippen molar-refractivity contribution in [3.63, 3.8) is 0 Å². The molecular weight excluding hydrogens is 446 g/mol. The van der Waals surface area contributed by atoms with Crippen LogP contribution >= 0.6 is 23.1 Å². The Balaban J connectivity index is 1.19. The van der Waals surface area contributed by atoms with Crippen LogP contribution in [0.5, 0.6) is 0 Å². The number of hydrogen-bond acceptors (Lipinski definition) is 7. The Bertz CT molecular complexity index is 1060. The van der Waals surface area contributed by atoms with Crippen molar-refractivity contribution in [2.24, 2.45) is 0 Å². The van der Waals surface area contributed by atoms with Crippen molar-refractivity contribution < 1.29 is 9.59 Å². The Morgan fingerprint density at radius 1 is 1.25 bits per heavy atom. The van der Waals surface area contributed by atoms with E-state index in [1.54, 1.807) is 29.2 Å². The van der Waals surface area contributed by atoms with E-state index in [2.05, 4.69) is 26.8 Å². The van der Waals surface area contributed by atoms with Gasteiger partial charge in [0.05, 0.1) is 17.7 Å². The van der Waals surface area contributed by atoms with Crippen LogP contribution in [0.3, 0.4) is 0 Å². The number of nitrogens with one attached hydrogen (secondary N) is 2. The summed E-state index contributed by atoms with van der Waals surface area (Å²) >= 11 is 3.27. The molecule has 1 aliphatic carbocycles. The van der Waals surface area contributed by atoms with Gasteiger partial charge in [-0.3, -0.25) is 19.3 Å². The molecule has 0 radical (unpaired) electrons. The van der Waals surface area contributed by atoms with Crippen molar-refractivity contribution in [3.8, 4) is 0 Å². The predicted molar refractivity (Wildman–Crippen MR) is 129 cm³/mol. The standard InChI is InChI=1S/C22H29N5O3S2/c1-2-7-23-18(28)13-26-8-10-27(11-9-26)19(29)6-12-31-14-17-24-21(30)20-15-4-3-5-16(15)32-22(20)25-17/h2H,1,3-14H2,(H,23,28)(H,24,25,30). The molecule has 3 heterocycles. The van der Waals surface area contributed by atoms with Crippen LogP contribution in [0.4, 0.5) is 0 Å². The van der Waals surface area contributed by atoms with Crippen molar-refractivity contribution in [1.29, 1.82) is 0 Å². The number of fused-ring (bicyclic) bond motifs is 3. The highest BCUT2D eigenvalue weighted by Gasteiger charge is 2.23. The summed E-state index contributed by atoms with van der Waals surface area (Å²) in [7, 11) is 0. The van der Waals surface area contributed by atoms with E-state index in [1.165, 1.54) is 10.4 Å². The molecule has 10 heteroatoms. The lowest BCUT2D eigenvalue weighted by Crippen LogP contribution is -2.51. The van der Waals surface area contributed by atoms with Gasteiger partial charge >= 0.3 is 0 Å². The Morgan fingerprint density at radius 3 is 2.84 bits per heavy atom. The van der Waals surface area contributed by atoms with E-state index >= 15 is 0 Å². The third-order valence-corrected chi connectivity index (χ3v) is 8.01. The predicted octanol–water partition coefficient (Wildman–Crippen LogP) is 1.54. The first-order valence-electron chi connectivity index (χ1n) is 11.0. The lowest BCUT2D eigenvalue weighted by molar-refractivity contribution is -0.132. The van der Waals surface area contributed by atoms with Crippen molar-refractivity contribution in [2.45, 2.75) is 31.4 Å². The van der Waals surface area contributed by atoms with Crippen molar-refractivity contribution in [3.05, 3.63) is 39.3 Å². The largest absolute Gasteiger partial charge is 0.352 e. The summed E-state index contributed by atoms with van der Waals surface area (Å²) in [6.07, 6.45) is 5.28. The highest BCUT2D eigenvalue weighted by Crippen LogP contribution is 2.34. The van der Waals surface area contributed by atoms with Gasteiger partial charge in [0.15, 0.2) is 0 Å². The molecule has 32 heavy (non-hydrogen) atoms. The number of aromatic nitrogens is 2. The fraction of sp³-hybridized carbons (Fsp3) is 0.545. The minimum absolute atomic E-state index is 0.0157. The van der Waals surface area contributed by atoms with Gasteiger partial charge in [0, 0.05) is 49.8 Å². The van der Waals surface area contributed by atoms with Crippen molar-refractivity contribution in [1.82, 2.24) is 25.1 Å². The van der Waals surface area contributed by atoms with Gasteiger partial charge in [-0.2, -0.15) is 11.8 Å². The molecule has 8 nitrogen and oxygen atoms in total. The van der Waals surface area contributed by atoms with E-state index in [1.807, 2.05) is 4.90 Å². The molecule has 2 aromatic heterocycles. The second kappa shape index (κ2) is 10.6. The maximum Gasteiger partial charge on any atom is 0.259 e. The van der Waals surface area contributed by atoms with Crippen LogP contribution in [-0.4, -0.2) is 76.6 Å². The third kappa shape index (κ3) is 5.41. The highest BCUT2D eigenvalue weighted by molar-refractivity contribution is 7.98. The molecule has 2 aromatic rings. The molecule has 2 aliphatic rings. The van der Waals surface area contributed by atoms with Gasteiger partial charge in [-0.05, 0) is 24.8 Å². The molecule has 0 aromatic carbocycles. The number of amides is 2. The number of H-pyrrole nitrogens is 1. The summed E-state index contributed by atoms with van der Waals surface area (Å²) in [6.45, 7) is 7.12. The van der Waals surface area contributed by atoms with E-state index in [9.17, 15) is 14.4 Å². The Kier molecular flexibility index (Phi) is 7.64. The summed E-state index contributed by atoms with van der Waals surface area (Å²) in [5.74, 6) is 2.08. The zero-order valence-electron chi connectivity index (χ0n) is 18.2. The summed E-state index contributed by atoms with van der Waals surface area (Å²) in [5, 5.41) is 3.56. The Morgan fingerprint density at radius 2 is 2.06 bits per heavy atom. The lowest BCUT2D eigenvalue weighted by atomic mass is 10.2. The topological polar surface area (TPSA) is 98.4 Å². The maximum atomic E-state index is 12.5. The minimum Gasteiger partial charge on any atom is -0.352 e. The second-order valence-electron chi connectivity index (χ2n) is 8.10. The van der Waals surface area contributed by atoms with Crippen molar-refractivity contribution in [2.75, 3.05) is 45.0 Å². The number of hydrogen-bond donors (Lipinski definition) is 2. The van der Waals surface area contributed by atoms with E-state index in [0.717, 1.165) is 29.5 Å². The maximum absolute atomic E-state index is 12.5. The van der Waals surface area contributed by atoms with Crippen LogP contribution in [0.15, 0.2) is 17.4 Å². The van der Waals surface area contributed by atoms with Crippen LogP contribution in [0.2, 0.25) is 0 Å². The van der Waals surface area contributed by atoms with Crippen LogP contribution in [0.25, 0.3) is 10.2 Å². The van der Waals surface area contributed by atoms with E-state index in [-0.39, 0.29) is 17.4 Å². The van der Waals surface area contributed by atoms with E-state index < -0.39 is 0 Å². The summed E-state index contributed by atoms with van der Waals surface area (Å²) < 4.78 is 0. The fourth-order valence-corrected chi connectivity index (χ4v) is 6.28. The number of nitrogens with zero attached hydrogens (tertiary/aromatic N) is 3. The molecule has 0 atom stereocenters. The van der Waals surface area contributed by atoms with E-state index in [4.69, 9.17) is 0 Å². The molecule has 1 aliphatic heterocycles.